The van der Waals surface area contributed by atoms with E-state index in [1.807, 2.05) is 23.6 Å². The number of carbonyl (C=O) groups excluding carboxylic acids is 3. The monoisotopic (exact) mass is 492 g/mol. The van der Waals surface area contributed by atoms with Gasteiger partial charge >= 0.3 is 5.97 Å². The van der Waals surface area contributed by atoms with E-state index < -0.39 is 28.5 Å². The van der Waals surface area contributed by atoms with E-state index in [1.165, 1.54) is 40.5 Å². The Morgan fingerprint density at radius 2 is 1.91 bits per heavy atom. The standard InChI is InChI=1S/C21H24N4O6S2/c1-2-25(14-19(26)23-13-17-5-3-12-32-17)20(27)15-31-21(28)16-6-8-18(9-7-16)33(29,30)24-11-4-10-22/h3,5-9,12,24H,2,4,11,13-15H2,1H3,(H,23,26). The molecule has 176 valence electrons. The van der Waals surface area contributed by atoms with Crippen molar-refractivity contribution in [2.75, 3.05) is 26.2 Å². The van der Waals surface area contributed by atoms with E-state index >= 15 is 0 Å². The summed E-state index contributed by atoms with van der Waals surface area (Å²) in [4.78, 5) is 38.8. The Hall–Kier alpha value is -3.27. The van der Waals surface area contributed by atoms with Crippen LogP contribution in [0.5, 0.6) is 0 Å². The van der Waals surface area contributed by atoms with Gasteiger partial charge < -0.3 is 15.0 Å². The highest BCUT2D eigenvalue weighted by Crippen LogP contribution is 2.12. The third-order valence-electron chi connectivity index (χ3n) is 4.36. The van der Waals surface area contributed by atoms with Crippen LogP contribution in [0, 0.1) is 11.3 Å². The Kier molecular flexibility index (Phi) is 9.99. The molecule has 0 aliphatic heterocycles. The van der Waals surface area contributed by atoms with Gasteiger partial charge in [0.2, 0.25) is 15.9 Å². The number of amides is 2. The molecule has 0 aliphatic carbocycles. The van der Waals surface area contributed by atoms with Crippen molar-refractivity contribution in [3.8, 4) is 6.07 Å². The minimum atomic E-state index is -3.80. The summed E-state index contributed by atoms with van der Waals surface area (Å²) in [6.45, 7) is 1.59. The Morgan fingerprint density at radius 3 is 2.52 bits per heavy atom. The number of ether oxygens (including phenoxy) is 1. The molecule has 0 unspecified atom stereocenters. The van der Waals surface area contributed by atoms with Crippen LogP contribution in [0.1, 0.15) is 28.6 Å². The molecule has 0 aliphatic rings. The maximum absolute atomic E-state index is 12.3. The average Bonchev–Trinajstić information content (AvgIpc) is 3.33. The van der Waals surface area contributed by atoms with Crippen LogP contribution in [-0.2, 0) is 30.9 Å². The predicted octanol–water partition coefficient (Wildman–Crippen LogP) is 1.26. The second-order valence-corrected chi connectivity index (χ2v) is 9.47. The van der Waals surface area contributed by atoms with Gasteiger partial charge in [-0.25, -0.2) is 17.9 Å². The van der Waals surface area contributed by atoms with Gasteiger partial charge in [0, 0.05) is 24.4 Å². The fraction of sp³-hybridized carbons (Fsp3) is 0.333. The quantitative estimate of drug-likeness (QED) is 0.335. The molecule has 1 heterocycles. The molecule has 0 atom stereocenters. The third kappa shape index (κ3) is 8.30. The van der Waals surface area contributed by atoms with Crippen LogP contribution < -0.4 is 10.0 Å². The molecule has 0 saturated carbocycles. The Labute approximate surface area is 196 Å². The number of nitrogens with one attached hydrogen (secondary N) is 2. The molecule has 2 amide bonds. The molecule has 2 N–H and O–H groups in total. The van der Waals surface area contributed by atoms with E-state index in [2.05, 4.69) is 10.0 Å². The number of likely N-dealkylation sites (N-methyl/N-ethyl adjacent to an activating group) is 1. The number of sulfonamides is 1. The number of nitriles is 1. The maximum Gasteiger partial charge on any atom is 0.338 e. The molecule has 2 aromatic rings. The number of thiophene rings is 1. The smallest absolute Gasteiger partial charge is 0.338 e. The van der Waals surface area contributed by atoms with Crippen LogP contribution >= 0.6 is 11.3 Å². The van der Waals surface area contributed by atoms with Crippen molar-refractivity contribution in [2.24, 2.45) is 0 Å². The van der Waals surface area contributed by atoms with E-state index in [0.717, 1.165) is 4.88 Å². The largest absolute Gasteiger partial charge is 0.452 e. The summed E-state index contributed by atoms with van der Waals surface area (Å²) < 4.78 is 31.5. The number of esters is 1. The van der Waals surface area contributed by atoms with Crippen molar-refractivity contribution in [2.45, 2.75) is 24.8 Å². The number of hydrogen-bond donors (Lipinski definition) is 2. The first-order valence-electron chi connectivity index (χ1n) is 9.97. The second-order valence-electron chi connectivity index (χ2n) is 6.67. The van der Waals surface area contributed by atoms with Gasteiger partial charge in [-0.3, -0.25) is 9.59 Å². The average molecular weight is 493 g/mol. The van der Waals surface area contributed by atoms with Crippen molar-refractivity contribution in [3.63, 3.8) is 0 Å². The molecule has 1 aromatic heterocycles. The van der Waals surface area contributed by atoms with Gasteiger partial charge in [0.05, 0.1) is 29.6 Å². The van der Waals surface area contributed by atoms with Crippen LogP contribution in [0.3, 0.4) is 0 Å². The van der Waals surface area contributed by atoms with Crippen LogP contribution in [0.2, 0.25) is 0 Å². The van der Waals surface area contributed by atoms with Crippen LogP contribution in [0.25, 0.3) is 0 Å². The third-order valence-corrected chi connectivity index (χ3v) is 6.72. The SMILES string of the molecule is CCN(CC(=O)NCc1cccs1)C(=O)COC(=O)c1ccc(S(=O)(=O)NCCC#N)cc1. The lowest BCUT2D eigenvalue weighted by atomic mass is 10.2. The number of benzene rings is 1. The molecule has 2 rings (SSSR count). The van der Waals surface area contributed by atoms with Crippen molar-refractivity contribution in [3.05, 3.63) is 52.2 Å². The van der Waals surface area contributed by atoms with Gasteiger partial charge in [-0.15, -0.1) is 11.3 Å². The van der Waals surface area contributed by atoms with Gasteiger partial charge in [0.1, 0.15) is 0 Å². The summed E-state index contributed by atoms with van der Waals surface area (Å²) in [7, 11) is -3.80. The molecular formula is C21H24N4O6S2. The van der Waals surface area contributed by atoms with Gasteiger partial charge in [-0.2, -0.15) is 5.26 Å². The van der Waals surface area contributed by atoms with Crippen LogP contribution in [0.4, 0.5) is 0 Å². The summed E-state index contributed by atoms with van der Waals surface area (Å²) in [6, 6.07) is 10.6. The fourth-order valence-electron chi connectivity index (χ4n) is 2.60. The van der Waals surface area contributed by atoms with Crippen LogP contribution in [-0.4, -0.2) is 57.3 Å². The minimum Gasteiger partial charge on any atom is -0.452 e. The first-order valence-corrected chi connectivity index (χ1v) is 12.3. The summed E-state index contributed by atoms with van der Waals surface area (Å²) >= 11 is 1.51. The molecular weight excluding hydrogens is 468 g/mol. The molecule has 0 radical (unpaired) electrons. The normalized spacial score (nSPS) is 10.8. The van der Waals surface area contributed by atoms with Crippen molar-refractivity contribution in [1.29, 1.82) is 5.26 Å². The molecule has 0 fully saturated rings. The second kappa shape index (κ2) is 12.7. The zero-order valence-electron chi connectivity index (χ0n) is 17.9. The lowest BCUT2D eigenvalue weighted by Crippen LogP contribution is -2.42. The highest BCUT2D eigenvalue weighted by atomic mass is 32.2. The van der Waals surface area contributed by atoms with Gasteiger partial charge in [0.25, 0.3) is 5.91 Å². The van der Waals surface area contributed by atoms with E-state index in [-0.39, 0.29) is 42.4 Å². The van der Waals surface area contributed by atoms with Gasteiger partial charge in [0.15, 0.2) is 6.61 Å². The Bertz CT molecular complexity index is 1090. The Morgan fingerprint density at radius 1 is 1.18 bits per heavy atom. The number of rotatable bonds is 12. The molecule has 1 aromatic carbocycles. The summed E-state index contributed by atoms with van der Waals surface area (Å²) in [6.07, 6.45) is 0.0305. The summed E-state index contributed by atoms with van der Waals surface area (Å²) in [5, 5.41) is 13.1. The number of hydrogen-bond acceptors (Lipinski definition) is 8. The van der Waals surface area contributed by atoms with E-state index in [1.54, 1.807) is 6.92 Å². The molecule has 33 heavy (non-hydrogen) atoms. The molecule has 0 spiro atoms. The van der Waals surface area contributed by atoms with Gasteiger partial charge in [-0.1, -0.05) is 6.07 Å². The highest BCUT2D eigenvalue weighted by molar-refractivity contribution is 7.89. The van der Waals surface area contributed by atoms with Gasteiger partial charge in [-0.05, 0) is 42.6 Å². The van der Waals surface area contributed by atoms with E-state index in [9.17, 15) is 22.8 Å². The first kappa shape index (κ1) is 26.0. The van der Waals surface area contributed by atoms with Crippen molar-refractivity contribution < 1.29 is 27.5 Å². The van der Waals surface area contributed by atoms with E-state index in [4.69, 9.17) is 10.00 Å². The van der Waals surface area contributed by atoms with E-state index in [0.29, 0.717) is 6.54 Å². The molecule has 10 nitrogen and oxygen atoms in total. The lowest BCUT2D eigenvalue weighted by molar-refractivity contribution is -0.138. The minimum absolute atomic E-state index is 0.0231. The zero-order valence-corrected chi connectivity index (χ0v) is 19.6. The lowest BCUT2D eigenvalue weighted by Gasteiger charge is -2.20. The Balaban J connectivity index is 1.84. The topological polar surface area (TPSA) is 146 Å². The molecule has 12 heteroatoms. The fourth-order valence-corrected chi connectivity index (χ4v) is 4.28. The highest BCUT2D eigenvalue weighted by Gasteiger charge is 2.19. The van der Waals surface area contributed by atoms with Crippen molar-refractivity contribution >= 4 is 39.1 Å². The molecule has 0 saturated heterocycles. The maximum atomic E-state index is 12.3. The first-order chi connectivity index (χ1) is 15.8. The van der Waals surface area contributed by atoms with Crippen molar-refractivity contribution in [1.82, 2.24) is 14.9 Å². The zero-order chi connectivity index (χ0) is 24.3. The predicted molar refractivity (Wildman–Crippen MR) is 121 cm³/mol. The summed E-state index contributed by atoms with van der Waals surface area (Å²) in [5.41, 5.74) is 0.0653. The molecule has 0 bridgehead atoms. The summed E-state index contributed by atoms with van der Waals surface area (Å²) in [5.74, 6) is -1.66. The van der Waals surface area contributed by atoms with Crippen LogP contribution in [0.15, 0.2) is 46.7 Å². The number of nitrogens with zero attached hydrogens (tertiary/aromatic N) is 2. The number of carbonyl (C=O) groups is 3.